The first-order valence-electron chi connectivity index (χ1n) is 2.85. The van der Waals surface area contributed by atoms with Crippen molar-refractivity contribution < 1.29 is 0 Å². The first-order chi connectivity index (χ1) is 4.22. The van der Waals surface area contributed by atoms with Gasteiger partial charge in [0.2, 0.25) is 0 Å². The van der Waals surface area contributed by atoms with Crippen LogP contribution < -0.4 is 0 Å². The van der Waals surface area contributed by atoms with E-state index < -0.39 is 0 Å². The molecule has 0 amide bonds. The lowest BCUT2D eigenvalue weighted by Gasteiger charge is -1.94. The zero-order valence-electron chi connectivity index (χ0n) is 5.85. The Hall–Kier alpha value is -1.04. The van der Waals surface area contributed by atoms with Crippen molar-refractivity contribution in [3.05, 3.63) is 49.1 Å². The van der Waals surface area contributed by atoms with Crippen LogP contribution in [-0.2, 0) is 0 Å². The Morgan fingerprint density at radius 3 is 2.11 bits per heavy atom. The van der Waals surface area contributed by atoms with E-state index in [-0.39, 0.29) is 0 Å². The molecule has 0 fully saturated rings. The van der Waals surface area contributed by atoms with Gasteiger partial charge in [0, 0.05) is 0 Å². The molecule has 0 saturated carbocycles. The highest BCUT2D eigenvalue weighted by Gasteiger charge is 1.86. The molecule has 48 valence electrons. The van der Waals surface area contributed by atoms with Gasteiger partial charge in [-0.05, 0) is 18.1 Å². The quantitative estimate of drug-likeness (QED) is 0.502. The summed E-state index contributed by atoms with van der Waals surface area (Å²) in [5, 5.41) is 0. The maximum absolute atomic E-state index is 3.76. The average molecular weight is 120 g/mol. The normalized spacial score (nSPS) is 9.44. The summed E-state index contributed by atoms with van der Waals surface area (Å²) in [6, 6.07) is 0. The minimum atomic E-state index is 0.883. The van der Waals surface area contributed by atoms with E-state index in [4.69, 9.17) is 0 Å². The molecular formula is C9H12. The van der Waals surface area contributed by atoms with Gasteiger partial charge < -0.3 is 0 Å². The fraction of sp³-hybridized carbons (Fsp3) is 0.111. The number of allylic oxidation sites excluding steroid dienone is 5. The van der Waals surface area contributed by atoms with Crippen LogP contribution in [0.1, 0.15) is 6.92 Å². The molecule has 0 rings (SSSR count). The molecule has 0 aliphatic rings. The summed E-state index contributed by atoms with van der Waals surface area (Å²) >= 11 is 0. The maximum Gasteiger partial charge on any atom is -0.0266 e. The summed E-state index contributed by atoms with van der Waals surface area (Å²) < 4.78 is 0. The molecule has 0 spiro atoms. The Labute approximate surface area is 56.9 Å². The Morgan fingerprint density at radius 2 is 1.78 bits per heavy atom. The van der Waals surface area contributed by atoms with Crippen molar-refractivity contribution in [3.63, 3.8) is 0 Å². The molecule has 0 radical (unpaired) electrons. The summed E-state index contributed by atoms with van der Waals surface area (Å²) in [4.78, 5) is 0. The van der Waals surface area contributed by atoms with E-state index in [1.165, 1.54) is 0 Å². The highest BCUT2D eigenvalue weighted by molar-refractivity contribution is 5.41. The van der Waals surface area contributed by atoms with Crippen LogP contribution in [0.15, 0.2) is 49.1 Å². The van der Waals surface area contributed by atoms with Gasteiger partial charge >= 0.3 is 0 Å². The first kappa shape index (κ1) is 7.96. The van der Waals surface area contributed by atoms with Crippen molar-refractivity contribution in [2.45, 2.75) is 6.92 Å². The van der Waals surface area contributed by atoms with Gasteiger partial charge in [-0.25, -0.2) is 0 Å². The van der Waals surface area contributed by atoms with E-state index in [0.29, 0.717) is 0 Å². The van der Waals surface area contributed by atoms with E-state index in [1.54, 1.807) is 6.08 Å². The molecule has 0 atom stereocenters. The fourth-order valence-electron chi connectivity index (χ4n) is 0.439. The lowest BCUT2D eigenvalue weighted by atomic mass is 10.1. The number of hydrogen-bond donors (Lipinski definition) is 0. The largest absolute Gasteiger partial charge is 0.0985 e. The molecule has 0 heterocycles. The smallest absolute Gasteiger partial charge is 0.0266 e. The van der Waals surface area contributed by atoms with Crippen LogP contribution in [0.3, 0.4) is 0 Å². The molecule has 0 aromatic heterocycles. The van der Waals surface area contributed by atoms with Gasteiger partial charge in [-0.3, -0.25) is 0 Å². The summed E-state index contributed by atoms with van der Waals surface area (Å²) in [7, 11) is 0. The van der Waals surface area contributed by atoms with E-state index in [9.17, 15) is 0 Å². The Morgan fingerprint density at radius 1 is 1.22 bits per heavy atom. The van der Waals surface area contributed by atoms with Crippen LogP contribution in [0.25, 0.3) is 0 Å². The molecular weight excluding hydrogens is 108 g/mol. The van der Waals surface area contributed by atoms with Crippen LogP contribution in [0.5, 0.6) is 0 Å². The number of rotatable bonds is 3. The molecule has 0 heteroatoms. The minimum absolute atomic E-state index is 0.883. The van der Waals surface area contributed by atoms with Crippen molar-refractivity contribution in [2.75, 3.05) is 0 Å². The third-order valence-electron chi connectivity index (χ3n) is 1.03. The maximum atomic E-state index is 3.76. The SMILES string of the molecule is C=CC(=C)C(=C)/C=C/C. The Bertz CT molecular complexity index is 159. The molecule has 0 aliphatic carbocycles. The molecule has 0 aliphatic heterocycles. The molecule has 0 saturated heterocycles. The molecule has 0 bridgehead atoms. The van der Waals surface area contributed by atoms with Crippen molar-refractivity contribution in [1.82, 2.24) is 0 Å². The second-order valence-corrected chi connectivity index (χ2v) is 1.75. The van der Waals surface area contributed by atoms with Crippen LogP contribution in [0.2, 0.25) is 0 Å². The van der Waals surface area contributed by atoms with Gasteiger partial charge in [0.25, 0.3) is 0 Å². The monoisotopic (exact) mass is 120 g/mol. The molecule has 0 unspecified atom stereocenters. The van der Waals surface area contributed by atoms with Crippen molar-refractivity contribution in [2.24, 2.45) is 0 Å². The van der Waals surface area contributed by atoms with E-state index in [0.717, 1.165) is 11.1 Å². The molecule has 0 nitrogen and oxygen atoms in total. The van der Waals surface area contributed by atoms with Crippen molar-refractivity contribution in [1.29, 1.82) is 0 Å². The van der Waals surface area contributed by atoms with E-state index in [1.807, 2.05) is 19.1 Å². The highest BCUT2D eigenvalue weighted by Crippen LogP contribution is 2.06. The average Bonchev–Trinajstić information content (AvgIpc) is 1.87. The molecule has 0 aromatic rings. The zero-order valence-corrected chi connectivity index (χ0v) is 5.85. The van der Waals surface area contributed by atoms with Crippen molar-refractivity contribution in [3.8, 4) is 0 Å². The molecule has 0 aromatic carbocycles. The third kappa shape index (κ3) is 2.70. The standard InChI is InChI=1S/C9H12/c1-5-7-9(4)8(3)6-2/h5-7H,2-4H2,1H3/b7-5+. The van der Waals surface area contributed by atoms with Crippen molar-refractivity contribution >= 4 is 0 Å². The third-order valence-corrected chi connectivity index (χ3v) is 1.03. The summed E-state index contributed by atoms with van der Waals surface area (Å²) in [6.07, 6.45) is 5.53. The first-order valence-corrected chi connectivity index (χ1v) is 2.85. The predicted octanol–water partition coefficient (Wildman–Crippen LogP) is 2.86. The predicted molar refractivity (Wildman–Crippen MR) is 43.3 cm³/mol. The lowest BCUT2D eigenvalue weighted by Crippen LogP contribution is -1.74. The van der Waals surface area contributed by atoms with E-state index >= 15 is 0 Å². The van der Waals surface area contributed by atoms with Gasteiger partial charge in [-0.2, -0.15) is 0 Å². The van der Waals surface area contributed by atoms with Gasteiger partial charge in [0.15, 0.2) is 0 Å². The summed E-state index contributed by atoms with van der Waals surface area (Å²) in [5.41, 5.74) is 1.81. The van der Waals surface area contributed by atoms with E-state index in [2.05, 4.69) is 19.7 Å². The number of hydrogen-bond acceptors (Lipinski definition) is 0. The van der Waals surface area contributed by atoms with Crippen LogP contribution in [0.4, 0.5) is 0 Å². The summed E-state index contributed by atoms with van der Waals surface area (Å²) in [6.45, 7) is 13.0. The second kappa shape index (κ2) is 3.90. The fourth-order valence-corrected chi connectivity index (χ4v) is 0.439. The molecule has 9 heavy (non-hydrogen) atoms. The lowest BCUT2D eigenvalue weighted by molar-refractivity contribution is 1.58. The van der Waals surface area contributed by atoms with Gasteiger partial charge in [0.1, 0.15) is 0 Å². The Kier molecular flexibility index (Phi) is 3.45. The minimum Gasteiger partial charge on any atom is -0.0985 e. The topological polar surface area (TPSA) is 0 Å². The van der Waals surface area contributed by atoms with Crippen LogP contribution in [0, 0.1) is 0 Å². The summed E-state index contributed by atoms with van der Waals surface area (Å²) in [5.74, 6) is 0. The van der Waals surface area contributed by atoms with Gasteiger partial charge in [0.05, 0.1) is 0 Å². The highest BCUT2D eigenvalue weighted by atomic mass is 13.9. The van der Waals surface area contributed by atoms with Gasteiger partial charge in [-0.1, -0.05) is 38.0 Å². The molecule has 0 N–H and O–H groups in total. The zero-order chi connectivity index (χ0) is 7.28. The van der Waals surface area contributed by atoms with Crippen LogP contribution in [-0.4, -0.2) is 0 Å². The Balaban J connectivity index is 4.04. The second-order valence-electron chi connectivity index (χ2n) is 1.75. The van der Waals surface area contributed by atoms with Gasteiger partial charge in [-0.15, -0.1) is 0 Å². The van der Waals surface area contributed by atoms with Crippen LogP contribution >= 0.6 is 0 Å².